The summed E-state index contributed by atoms with van der Waals surface area (Å²) < 4.78 is 9.45. The number of aromatic hydroxyl groups is 1. The van der Waals surface area contributed by atoms with Gasteiger partial charge in [0.1, 0.15) is 17.3 Å². The Labute approximate surface area is 135 Å². The van der Waals surface area contributed by atoms with Crippen molar-refractivity contribution in [1.29, 1.82) is 0 Å². The number of phenolic OH excluding ortho intramolecular Hbond substituents is 1. The summed E-state index contributed by atoms with van der Waals surface area (Å²) in [6.07, 6.45) is 2.79. The summed E-state index contributed by atoms with van der Waals surface area (Å²) in [5, 5.41) is 9.25. The largest absolute Gasteiger partial charge is 0.508 e. The molecule has 0 heterocycles. The number of allylic oxidation sites excluding steroid dienone is 1. The van der Waals surface area contributed by atoms with Gasteiger partial charge in [-0.05, 0) is 38.1 Å². The molecule has 0 spiro atoms. The molecule has 0 aliphatic heterocycles. The molecular formula is C17H22O6. The highest BCUT2D eigenvalue weighted by molar-refractivity contribution is 6.05. The van der Waals surface area contributed by atoms with Crippen molar-refractivity contribution in [3.8, 4) is 11.5 Å². The number of carbonyl (C=O) groups excluding carboxylic acids is 3. The number of hydrogen-bond donors (Lipinski definition) is 1. The average molecular weight is 322 g/mol. The molecule has 1 rings (SSSR count). The summed E-state index contributed by atoms with van der Waals surface area (Å²) in [5.74, 6) is -0.0756. The second kappa shape index (κ2) is 11.0. The minimum atomic E-state index is -0.257. The van der Waals surface area contributed by atoms with Crippen molar-refractivity contribution in [2.75, 3.05) is 13.7 Å². The smallest absolute Gasteiger partial charge is 0.302 e. The molecule has 0 saturated heterocycles. The monoisotopic (exact) mass is 322 g/mol. The van der Waals surface area contributed by atoms with Gasteiger partial charge in [-0.15, -0.1) is 0 Å². The number of methoxy groups -OCH3 is 1. The van der Waals surface area contributed by atoms with Crippen LogP contribution in [0.25, 0.3) is 6.08 Å². The minimum absolute atomic E-state index is 0.0917. The van der Waals surface area contributed by atoms with Crippen molar-refractivity contribution in [1.82, 2.24) is 0 Å². The van der Waals surface area contributed by atoms with Crippen LogP contribution in [0.5, 0.6) is 11.5 Å². The molecule has 0 aliphatic carbocycles. The van der Waals surface area contributed by atoms with Crippen molar-refractivity contribution in [3.05, 3.63) is 29.8 Å². The van der Waals surface area contributed by atoms with E-state index in [4.69, 9.17) is 4.74 Å². The van der Waals surface area contributed by atoms with Crippen molar-refractivity contribution in [2.45, 2.75) is 27.2 Å². The van der Waals surface area contributed by atoms with Gasteiger partial charge in [-0.25, -0.2) is 0 Å². The molecule has 1 aromatic carbocycles. The van der Waals surface area contributed by atoms with Crippen LogP contribution in [0.15, 0.2) is 24.3 Å². The first-order valence-corrected chi connectivity index (χ1v) is 7.00. The molecule has 0 radical (unpaired) electrons. The Morgan fingerprint density at radius 1 is 1.22 bits per heavy atom. The summed E-state index contributed by atoms with van der Waals surface area (Å²) in [4.78, 5) is 31.8. The number of ketones is 2. The Bertz CT molecular complexity index is 574. The molecule has 1 N–H and O–H groups in total. The van der Waals surface area contributed by atoms with Crippen LogP contribution in [0.4, 0.5) is 0 Å². The van der Waals surface area contributed by atoms with E-state index in [1.54, 1.807) is 19.1 Å². The Kier molecular flexibility index (Phi) is 9.75. The summed E-state index contributed by atoms with van der Waals surface area (Å²) in [7, 11) is 1.48. The predicted molar refractivity (Wildman–Crippen MR) is 86.3 cm³/mol. The van der Waals surface area contributed by atoms with Crippen LogP contribution in [-0.4, -0.2) is 36.4 Å². The lowest BCUT2D eigenvalue weighted by Crippen LogP contribution is -2.00. The highest BCUT2D eigenvalue weighted by atomic mass is 16.5. The number of phenols is 1. The van der Waals surface area contributed by atoms with Crippen LogP contribution >= 0.6 is 0 Å². The third-order valence-corrected chi connectivity index (χ3v) is 2.44. The summed E-state index contributed by atoms with van der Waals surface area (Å²) >= 11 is 0. The Balaban J connectivity index is 0.000000688. The van der Waals surface area contributed by atoms with E-state index in [9.17, 15) is 19.5 Å². The second-order valence-electron chi connectivity index (χ2n) is 4.53. The van der Waals surface area contributed by atoms with Crippen molar-refractivity contribution >= 4 is 23.6 Å². The zero-order valence-corrected chi connectivity index (χ0v) is 13.8. The number of rotatable bonds is 6. The van der Waals surface area contributed by atoms with E-state index in [0.29, 0.717) is 17.9 Å². The number of esters is 1. The molecule has 0 unspecified atom stereocenters. The zero-order valence-electron chi connectivity index (χ0n) is 13.8. The molecule has 6 heteroatoms. The second-order valence-corrected chi connectivity index (χ2v) is 4.53. The normalized spacial score (nSPS) is 9.74. The maximum absolute atomic E-state index is 11.3. The Morgan fingerprint density at radius 3 is 2.30 bits per heavy atom. The number of hydrogen-bond acceptors (Lipinski definition) is 6. The van der Waals surface area contributed by atoms with Crippen LogP contribution in [0.3, 0.4) is 0 Å². The van der Waals surface area contributed by atoms with Gasteiger partial charge in [0.15, 0.2) is 5.78 Å². The maximum Gasteiger partial charge on any atom is 0.302 e. The molecule has 23 heavy (non-hydrogen) atoms. The lowest BCUT2D eigenvalue weighted by Gasteiger charge is -2.04. The van der Waals surface area contributed by atoms with Crippen LogP contribution in [0, 0.1) is 0 Å². The Morgan fingerprint density at radius 2 is 1.87 bits per heavy atom. The van der Waals surface area contributed by atoms with Gasteiger partial charge in [-0.3, -0.25) is 14.4 Å². The molecule has 1 aromatic rings. The van der Waals surface area contributed by atoms with E-state index >= 15 is 0 Å². The fourth-order valence-electron chi connectivity index (χ4n) is 1.53. The first kappa shape index (κ1) is 20.4. The van der Waals surface area contributed by atoms with Gasteiger partial charge in [0.05, 0.1) is 20.1 Å². The van der Waals surface area contributed by atoms with Gasteiger partial charge < -0.3 is 14.6 Å². The fraction of sp³-hybridized carbons (Fsp3) is 0.353. The molecule has 0 aromatic heterocycles. The molecule has 6 nitrogen and oxygen atoms in total. The highest BCUT2D eigenvalue weighted by Gasteiger charge is 2.03. The number of benzene rings is 1. The van der Waals surface area contributed by atoms with E-state index in [2.05, 4.69) is 4.74 Å². The lowest BCUT2D eigenvalue weighted by molar-refractivity contribution is -0.140. The van der Waals surface area contributed by atoms with Crippen LogP contribution in [0.2, 0.25) is 0 Å². The zero-order chi connectivity index (χ0) is 17.8. The topological polar surface area (TPSA) is 89.9 Å². The van der Waals surface area contributed by atoms with Gasteiger partial charge in [0.25, 0.3) is 0 Å². The van der Waals surface area contributed by atoms with Crippen LogP contribution < -0.4 is 4.74 Å². The van der Waals surface area contributed by atoms with Gasteiger partial charge >= 0.3 is 5.97 Å². The van der Waals surface area contributed by atoms with Crippen LogP contribution in [-0.2, 0) is 19.1 Å². The average Bonchev–Trinajstić information content (AvgIpc) is 2.45. The standard InChI is InChI=1S/C13H14O4.C4H8O2/c1-9(14)7-11(15)5-3-10-4-6-12(16)8-13(10)17-2;1-3-6-4(2)5/h3-6,8,16H,7H2,1-2H3;3H2,1-2H3. The van der Waals surface area contributed by atoms with Crippen molar-refractivity contribution in [2.24, 2.45) is 0 Å². The first-order valence-electron chi connectivity index (χ1n) is 7.00. The van der Waals surface area contributed by atoms with Crippen molar-refractivity contribution < 1.29 is 29.0 Å². The molecular weight excluding hydrogens is 300 g/mol. The first-order chi connectivity index (χ1) is 10.8. The summed E-state index contributed by atoms with van der Waals surface area (Å²) in [6.45, 7) is 5.02. The molecule has 0 amide bonds. The van der Waals surface area contributed by atoms with E-state index in [-0.39, 0.29) is 29.7 Å². The number of carbonyl (C=O) groups is 3. The van der Waals surface area contributed by atoms with Gasteiger partial charge in [-0.1, -0.05) is 0 Å². The van der Waals surface area contributed by atoms with Gasteiger partial charge in [0, 0.05) is 18.6 Å². The quantitative estimate of drug-likeness (QED) is 0.492. The molecule has 0 atom stereocenters. The molecule has 126 valence electrons. The van der Waals surface area contributed by atoms with Gasteiger partial charge in [-0.2, -0.15) is 0 Å². The third-order valence-electron chi connectivity index (χ3n) is 2.44. The van der Waals surface area contributed by atoms with Gasteiger partial charge in [0.2, 0.25) is 0 Å². The molecule has 0 aliphatic rings. The predicted octanol–water partition coefficient (Wildman–Crippen LogP) is 2.53. The lowest BCUT2D eigenvalue weighted by atomic mass is 10.1. The highest BCUT2D eigenvalue weighted by Crippen LogP contribution is 2.24. The third kappa shape index (κ3) is 9.84. The van der Waals surface area contributed by atoms with Crippen LogP contribution in [0.1, 0.15) is 32.8 Å². The maximum atomic E-state index is 11.3. The molecule has 0 bridgehead atoms. The summed E-state index contributed by atoms with van der Waals surface area (Å²) in [5.41, 5.74) is 0.669. The van der Waals surface area contributed by atoms with E-state index in [1.165, 1.54) is 39.2 Å². The minimum Gasteiger partial charge on any atom is -0.508 e. The number of Topliss-reactive ketones (excluding diaryl/α,β-unsaturated/α-hetero) is 1. The fourth-order valence-corrected chi connectivity index (χ4v) is 1.53. The number of ether oxygens (including phenoxy) is 2. The van der Waals surface area contributed by atoms with Crippen molar-refractivity contribution in [3.63, 3.8) is 0 Å². The molecule has 0 saturated carbocycles. The van der Waals surface area contributed by atoms with E-state index in [1.807, 2.05) is 0 Å². The van der Waals surface area contributed by atoms with E-state index in [0.717, 1.165) is 0 Å². The Hall–Kier alpha value is -2.63. The molecule has 0 fully saturated rings. The summed E-state index contributed by atoms with van der Waals surface area (Å²) in [6, 6.07) is 4.58. The van der Waals surface area contributed by atoms with E-state index < -0.39 is 0 Å². The SMILES string of the molecule is CCOC(C)=O.COc1cc(O)ccc1C=CC(=O)CC(C)=O.